The second-order valence-corrected chi connectivity index (χ2v) is 5.99. The summed E-state index contributed by atoms with van der Waals surface area (Å²) in [6.45, 7) is 4.06. The van der Waals surface area contributed by atoms with Crippen molar-refractivity contribution in [1.29, 1.82) is 10.8 Å². The van der Waals surface area contributed by atoms with E-state index in [0.29, 0.717) is 11.1 Å². The zero-order valence-corrected chi connectivity index (χ0v) is 15.4. The van der Waals surface area contributed by atoms with E-state index in [1.54, 1.807) is 0 Å². The first-order chi connectivity index (χ1) is 11.9. The predicted molar refractivity (Wildman–Crippen MR) is 108 cm³/mol. The van der Waals surface area contributed by atoms with Crippen LogP contribution in [0, 0.1) is 24.7 Å². The zero-order valence-electron chi connectivity index (χ0n) is 14.6. The molecule has 2 aromatic carbocycles. The summed E-state index contributed by atoms with van der Waals surface area (Å²) in [6.07, 6.45) is 0. The molecule has 0 aliphatic carbocycles. The molecule has 5 nitrogen and oxygen atoms in total. The molecule has 134 valence electrons. The number of benzene rings is 2. The van der Waals surface area contributed by atoms with E-state index >= 15 is 0 Å². The Labute approximate surface area is 158 Å². The molecule has 0 aliphatic rings. The van der Waals surface area contributed by atoms with Gasteiger partial charge in [0.25, 0.3) is 0 Å². The Morgan fingerprint density at radius 3 is 1.27 bits per heavy atom. The fourth-order valence-corrected chi connectivity index (χ4v) is 2.75. The van der Waals surface area contributed by atoms with Crippen LogP contribution in [0.15, 0.2) is 52.9 Å². The average molecular weight is 369 g/mol. The number of furan rings is 1. The third kappa shape index (κ3) is 3.48. The summed E-state index contributed by atoms with van der Waals surface area (Å²) < 4.78 is 6.15. The van der Waals surface area contributed by atoms with Gasteiger partial charge in [-0.2, -0.15) is 0 Å². The van der Waals surface area contributed by atoms with Gasteiger partial charge in [0.1, 0.15) is 23.2 Å². The molecule has 6 N–H and O–H groups in total. The Kier molecular flexibility index (Phi) is 5.53. The summed E-state index contributed by atoms with van der Waals surface area (Å²) in [5, 5.41) is 15.0. The monoisotopic (exact) mass is 368 g/mol. The van der Waals surface area contributed by atoms with E-state index in [-0.39, 0.29) is 24.1 Å². The topological polar surface area (TPSA) is 113 Å². The molecule has 6 heteroatoms. The van der Waals surface area contributed by atoms with E-state index in [4.69, 9.17) is 26.7 Å². The molecule has 26 heavy (non-hydrogen) atoms. The first-order valence-electron chi connectivity index (χ1n) is 7.88. The molecule has 3 rings (SSSR count). The Morgan fingerprint density at radius 2 is 1.00 bits per heavy atom. The van der Waals surface area contributed by atoms with Crippen LogP contribution in [0.4, 0.5) is 0 Å². The van der Waals surface area contributed by atoms with Crippen molar-refractivity contribution in [3.05, 3.63) is 70.8 Å². The van der Waals surface area contributed by atoms with Gasteiger partial charge in [0.05, 0.1) is 0 Å². The minimum absolute atomic E-state index is 0. The van der Waals surface area contributed by atoms with E-state index in [2.05, 4.69) is 0 Å². The van der Waals surface area contributed by atoms with Gasteiger partial charge in [0.2, 0.25) is 0 Å². The molecular weight excluding hydrogens is 348 g/mol. The summed E-state index contributed by atoms with van der Waals surface area (Å²) in [5.74, 6) is 1.70. The summed E-state index contributed by atoms with van der Waals surface area (Å²) in [7, 11) is 0. The molecular formula is C20H21ClN4O. The van der Waals surface area contributed by atoms with Crippen LogP contribution in [0.3, 0.4) is 0 Å². The highest BCUT2D eigenvalue weighted by Gasteiger charge is 2.17. The lowest BCUT2D eigenvalue weighted by molar-refractivity contribution is 0.594. The molecule has 3 aromatic rings. The molecule has 1 heterocycles. The van der Waals surface area contributed by atoms with E-state index in [1.165, 1.54) is 0 Å². The summed E-state index contributed by atoms with van der Waals surface area (Å²) in [6, 6.07) is 14.9. The molecule has 1 aromatic heterocycles. The highest BCUT2D eigenvalue weighted by molar-refractivity contribution is 5.96. The molecule has 0 saturated heterocycles. The molecule has 0 unspecified atom stereocenters. The Bertz CT molecular complexity index is 879. The van der Waals surface area contributed by atoms with Gasteiger partial charge in [-0.3, -0.25) is 10.8 Å². The lowest BCUT2D eigenvalue weighted by Gasteiger charge is -2.03. The van der Waals surface area contributed by atoms with Crippen LogP contribution in [-0.4, -0.2) is 11.7 Å². The van der Waals surface area contributed by atoms with E-state index < -0.39 is 0 Å². The van der Waals surface area contributed by atoms with Crippen LogP contribution in [0.5, 0.6) is 0 Å². The molecule has 0 atom stereocenters. The maximum Gasteiger partial charge on any atom is 0.137 e. The largest absolute Gasteiger partial charge is 0.456 e. The molecule has 0 amide bonds. The van der Waals surface area contributed by atoms with Crippen molar-refractivity contribution in [3.63, 3.8) is 0 Å². The van der Waals surface area contributed by atoms with E-state index in [0.717, 1.165) is 33.8 Å². The Morgan fingerprint density at radius 1 is 0.692 bits per heavy atom. The molecule has 0 radical (unpaired) electrons. The number of nitrogens with two attached hydrogens (primary N) is 2. The van der Waals surface area contributed by atoms with Crippen molar-refractivity contribution < 1.29 is 4.42 Å². The van der Waals surface area contributed by atoms with Gasteiger partial charge in [0, 0.05) is 22.3 Å². The number of amidine groups is 2. The molecule has 0 spiro atoms. The normalized spacial score (nSPS) is 10.2. The van der Waals surface area contributed by atoms with Crippen molar-refractivity contribution >= 4 is 24.1 Å². The van der Waals surface area contributed by atoms with Crippen LogP contribution in [0.1, 0.15) is 22.3 Å². The van der Waals surface area contributed by atoms with Crippen molar-refractivity contribution in [1.82, 2.24) is 0 Å². The molecule has 0 saturated carbocycles. The number of nitrogens with one attached hydrogen (secondary N) is 2. The smallest absolute Gasteiger partial charge is 0.137 e. The minimum Gasteiger partial charge on any atom is -0.456 e. The first kappa shape index (κ1) is 19.3. The van der Waals surface area contributed by atoms with Crippen LogP contribution in [0.2, 0.25) is 0 Å². The highest BCUT2D eigenvalue weighted by atomic mass is 35.5. The van der Waals surface area contributed by atoms with Gasteiger partial charge in [-0.25, -0.2) is 0 Å². The molecule has 0 fully saturated rings. The second kappa shape index (κ2) is 7.45. The van der Waals surface area contributed by atoms with Crippen molar-refractivity contribution in [3.8, 4) is 22.6 Å². The predicted octanol–water partition coefficient (Wildman–Crippen LogP) is 4.22. The summed E-state index contributed by atoms with van der Waals surface area (Å²) in [5.41, 5.74) is 16.4. The number of halogens is 1. The number of hydrogen-bond donors (Lipinski definition) is 4. The number of rotatable bonds is 4. The van der Waals surface area contributed by atoms with Crippen molar-refractivity contribution in [2.45, 2.75) is 13.8 Å². The SMILES string of the molecule is Cc1c(-c2ccc(C(=N)N)cc2)oc(-c2ccc(C(=N)N)cc2)c1C.Cl. The number of nitrogen functional groups attached to an aromatic ring is 2. The van der Waals surface area contributed by atoms with Gasteiger partial charge in [-0.15, -0.1) is 12.4 Å². The minimum atomic E-state index is 0. The van der Waals surface area contributed by atoms with Crippen LogP contribution < -0.4 is 11.5 Å². The third-order valence-electron chi connectivity index (χ3n) is 4.36. The maximum atomic E-state index is 7.48. The van der Waals surface area contributed by atoms with E-state index in [1.807, 2.05) is 62.4 Å². The van der Waals surface area contributed by atoms with Crippen molar-refractivity contribution in [2.24, 2.45) is 11.5 Å². The van der Waals surface area contributed by atoms with Crippen molar-refractivity contribution in [2.75, 3.05) is 0 Å². The van der Waals surface area contributed by atoms with Gasteiger partial charge >= 0.3 is 0 Å². The van der Waals surface area contributed by atoms with Crippen LogP contribution >= 0.6 is 12.4 Å². The quantitative estimate of drug-likeness (QED) is 0.408. The lowest BCUT2D eigenvalue weighted by Crippen LogP contribution is -2.10. The standard InChI is InChI=1S/C20H20N4O.ClH/c1-11-12(2)18(14-5-9-16(10-6-14)20(23)24)25-17(11)13-3-7-15(8-4-13)19(21)22;/h3-10H,1-2H3,(H3,21,22)(H3,23,24);1H. The van der Waals surface area contributed by atoms with Gasteiger partial charge in [0.15, 0.2) is 0 Å². The summed E-state index contributed by atoms with van der Waals surface area (Å²) in [4.78, 5) is 0. The molecule has 0 bridgehead atoms. The van der Waals surface area contributed by atoms with Crippen LogP contribution in [0.25, 0.3) is 22.6 Å². The molecule has 0 aliphatic heterocycles. The average Bonchev–Trinajstić information content (AvgIpc) is 2.90. The fourth-order valence-electron chi connectivity index (χ4n) is 2.75. The van der Waals surface area contributed by atoms with Gasteiger partial charge < -0.3 is 15.9 Å². The Hall–Kier alpha value is -3.05. The second-order valence-electron chi connectivity index (χ2n) is 5.99. The lowest BCUT2D eigenvalue weighted by atomic mass is 10.0. The third-order valence-corrected chi connectivity index (χ3v) is 4.36. The fraction of sp³-hybridized carbons (Fsp3) is 0.100. The first-order valence-corrected chi connectivity index (χ1v) is 7.88. The van der Waals surface area contributed by atoms with E-state index in [9.17, 15) is 0 Å². The highest BCUT2D eigenvalue weighted by Crippen LogP contribution is 2.36. The number of hydrogen-bond acceptors (Lipinski definition) is 3. The van der Waals surface area contributed by atoms with Gasteiger partial charge in [-0.1, -0.05) is 48.5 Å². The summed E-state index contributed by atoms with van der Waals surface area (Å²) >= 11 is 0. The van der Waals surface area contributed by atoms with Crippen LogP contribution in [-0.2, 0) is 0 Å². The Balaban J connectivity index is 0.00000243. The van der Waals surface area contributed by atoms with Gasteiger partial charge in [-0.05, 0) is 25.0 Å². The maximum absolute atomic E-state index is 7.48. The zero-order chi connectivity index (χ0) is 18.1.